The minimum atomic E-state index is -0.168. The largest absolute Gasteiger partial charge is 0.508 e. The lowest BCUT2D eigenvalue weighted by atomic mass is 10.00. The standard InChI is InChI=1S/C25H25N5O3/c1-29-21(19-10-17(31)9-14-5-3-4-6-18(14)19)11-20-22(24(29)32)23(28-25(27-20)33-2)30-12-15-7-8-16(13-30)26-15/h3-6,9-11,15-16,26,31H,7-8,12-13H2,1-2H3. The zero-order chi connectivity index (χ0) is 22.7. The summed E-state index contributed by atoms with van der Waals surface area (Å²) >= 11 is 0. The number of nitrogens with zero attached hydrogens (tertiary/aromatic N) is 4. The number of benzene rings is 2. The van der Waals surface area contributed by atoms with Crippen LogP contribution in [0.15, 0.2) is 47.3 Å². The summed E-state index contributed by atoms with van der Waals surface area (Å²) < 4.78 is 7.04. The van der Waals surface area contributed by atoms with E-state index < -0.39 is 0 Å². The van der Waals surface area contributed by atoms with Crippen molar-refractivity contribution in [3.05, 3.63) is 52.8 Å². The minimum Gasteiger partial charge on any atom is -0.508 e. The van der Waals surface area contributed by atoms with Gasteiger partial charge in [-0.3, -0.25) is 4.79 Å². The second kappa shape index (κ2) is 7.45. The number of rotatable bonds is 3. The zero-order valence-electron chi connectivity index (χ0n) is 18.6. The number of nitrogens with one attached hydrogen (secondary N) is 1. The van der Waals surface area contributed by atoms with Crippen molar-refractivity contribution in [3.8, 4) is 23.0 Å². The van der Waals surface area contributed by atoms with Crippen molar-refractivity contribution >= 4 is 27.5 Å². The number of ether oxygens (including phenoxy) is 1. The van der Waals surface area contributed by atoms with Crippen molar-refractivity contribution in [2.75, 3.05) is 25.1 Å². The average molecular weight is 444 g/mol. The SMILES string of the molecule is COc1nc(N2CC3CCC(C2)N3)c2c(=O)n(C)c(-c3cc(O)cc4ccccc34)cc2n1. The maximum atomic E-state index is 13.7. The molecule has 2 aliphatic heterocycles. The van der Waals surface area contributed by atoms with Crippen LogP contribution >= 0.6 is 0 Å². The Kier molecular flexibility index (Phi) is 4.51. The molecule has 0 radical (unpaired) electrons. The molecular formula is C25H25N5O3. The van der Waals surface area contributed by atoms with Gasteiger partial charge in [-0.1, -0.05) is 24.3 Å². The van der Waals surface area contributed by atoms with Crippen LogP contribution < -0.4 is 20.5 Å². The van der Waals surface area contributed by atoms with Crippen LogP contribution in [0.1, 0.15) is 12.8 Å². The van der Waals surface area contributed by atoms with Crippen molar-refractivity contribution in [2.24, 2.45) is 7.05 Å². The van der Waals surface area contributed by atoms with Crippen LogP contribution in [0.2, 0.25) is 0 Å². The van der Waals surface area contributed by atoms with Gasteiger partial charge in [0.15, 0.2) is 0 Å². The topological polar surface area (TPSA) is 92.5 Å². The first kappa shape index (κ1) is 20.0. The maximum absolute atomic E-state index is 13.7. The molecule has 2 N–H and O–H groups in total. The van der Waals surface area contributed by atoms with E-state index in [4.69, 9.17) is 4.74 Å². The summed E-state index contributed by atoms with van der Waals surface area (Å²) in [5, 5.41) is 16.3. The molecule has 2 fully saturated rings. The van der Waals surface area contributed by atoms with Crippen LogP contribution in [-0.4, -0.2) is 51.9 Å². The predicted molar refractivity (Wildman–Crippen MR) is 128 cm³/mol. The van der Waals surface area contributed by atoms with E-state index >= 15 is 0 Å². The molecule has 8 heteroatoms. The Morgan fingerprint density at radius 2 is 1.85 bits per heavy atom. The second-order valence-corrected chi connectivity index (χ2v) is 8.95. The molecule has 2 aliphatic rings. The van der Waals surface area contributed by atoms with Gasteiger partial charge in [-0.05, 0) is 41.8 Å². The van der Waals surface area contributed by atoms with Crippen molar-refractivity contribution in [1.29, 1.82) is 0 Å². The van der Waals surface area contributed by atoms with Gasteiger partial charge in [0.1, 0.15) is 17.0 Å². The lowest BCUT2D eigenvalue weighted by molar-refractivity contribution is 0.380. The quantitative estimate of drug-likeness (QED) is 0.503. The van der Waals surface area contributed by atoms with E-state index in [-0.39, 0.29) is 17.3 Å². The number of piperazine rings is 1. The van der Waals surface area contributed by atoms with E-state index in [0.717, 1.165) is 42.3 Å². The molecule has 2 aromatic carbocycles. The summed E-state index contributed by atoms with van der Waals surface area (Å²) in [7, 11) is 3.29. The lowest BCUT2D eigenvalue weighted by Gasteiger charge is -2.34. The molecule has 2 unspecified atom stereocenters. The lowest BCUT2D eigenvalue weighted by Crippen LogP contribution is -2.51. The third-order valence-electron chi connectivity index (χ3n) is 6.87. The molecule has 6 rings (SSSR count). The van der Waals surface area contributed by atoms with Gasteiger partial charge in [0.05, 0.1) is 18.3 Å². The van der Waals surface area contributed by atoms with Crippen LogP contribution in [0.25, 0.3) is 32.9 Å². The van der Waals surface area contributed by atoms with Gasteiger partial charge in [0.2, 0.25) is 0 Å². The van der Waals surface area contributed by atoms with Gasteiger partial charge >= 0.3 is 6.01 Å². The first-order valence-corrected chi connectivity index (χ1v) is 11.2. The number of methoxy groups -OCH3 is 1. The van der Waals surface area contributed by atoms with Gasteiger partial charge in [0, 0.05) is 37.8 Å². The minimum absolute atomic E-state index is 0.147. The maximum Gasteiger partial charge on any atom is 0.318 e. The fraction of sp³-hybridized carbons (Fsp3) is 0.320. The van der Waals surface area contributed by atoms with Gasteiger partial charge < -0.3 is 24.6 Å². The number of phenolic OH excluding ortho intramolecular Hbond substituents is 1. The van der Waals surface area contributed by atoms with E-state index in [0.29, 0.717) is 34.5 Å². The van der Waals surface area contributed by atoms with E-state index in [1.165, 1.54) is 7.11 Å². The van der Waals surface area contributed by atoms with Crippen LogP contribution in [0, 0.1) is 0 Å². The molecule has 33 heavy (non-hydrogen) atoms. The molecule has 168 valence electrons. The highest BCUT2D eigenvalue weighted by Crippen LogP contribution is 2.35. The van der Waals surface area contributed by atoms with E-state index in [1.54, 1.807) is 23.7 Å². The van der Waals surface area contributed by atoms with Crippen LogP contribution in [0.4, 0.5) is 5.82 Å². The van der Waals surface area contributed by atoms with Crippen molar-refractivity contribution in [1.82, 2.24) is 19.9 Å². The zero-order valence-corrected chi connectivity index (χ0v) is 18.6. The summed E-state index contributed by atoms with van der Waals surface area (Å²) in [4.78, 5) is 25.1. The molecule has 8 nitrogen and oxygen atoms in total. The number of fused-ring (bicyclic) bond motifs is 4. The monoisotopic (exact) mass is 443 g/mol. The normalized spacial score (nSPS) is 20.0. The highest BCUT2D eigenvalue weighted by Gasteiger charge is 2.34. The Hall–Kier alpha value is -3.65. The van der Waals surface area contributed by atoms with Crippen molar-refractivity contribution in [3.63, 3.8) is 0 Å². The number of pyridine rings is 1. The first-order valence-electron chi connectivity index (χ1n) is 11.2. The van der Waals surface area contributed by atoms with E-state index in [9.17, 15) is 9.90 Å². The fourth-order valence-corrected chi connectivity index (χ4v) is 5.31. The smallest absolute Gasteiger partial charge is 0.318 e. The summed E-state index contributed by atoms with van der Waals surface area (Å²) in [6.07, 6.45) is 2.27. The molecule has 0 saturated carbocycles. The summed E-state index contributed by atoms with van der Waals surface area (Å²) in [5.74, 6) is 0.775. The molecule has 4 heterocycles. The molecule has 2 bridgehead atoms. The molecule has 0 aliphatic carbocycles. The van der Waals surface area contributed by atoms with Gasteiger partial charge in [-0.15, -0.1) is 0 Å². The first-order chi connectivity index (χ1) is 16.0. The molecule has 0 amide bonds. The Balaban J connectivity index is 1.61. The van der Waals surface area contributed by atoms with Crippen molar-refractivity contribution in [2.45, 2.75) is 24.9 Å². The number of phenols is 1. The number of hydrogen-bond donors (Lipinski definition) is 2. The summed E-state index contributed by atoms with van der Waals surface area (Å²) in [6.45, 7) is 1.60. The highest BCUT2D eigenvalue weighted by atomic mass is 16.5. The molecular weight excluding hydrogens is 418 g/mol. The molecule has 4 aromatic rings. The Morgan fingerprint density at radius 3 is 2.61 bits per heavy atom. The third kappa shape index (κ3) is 3.21. The van der Waals surface area contributed by atoms with E-state index in [1.807, 2.05) is 30.3 Å². The molecule has 2 saturated heterocycles. The predicted octanol–water partition coefficient (Wildman–Crippen LogP) is 2.80. The Bertz CT molecular complexity index is 1450. The van der Waals surface area contributed by atoms with Gasteiger partial charge in [-0.25, -0.2) is 0 Å². The fourth-order valence-electron chi connectivity index (χ4n) is 5.31. The molecule has 2 atom stereocenters. The number of hydrogen-bond acceptors (Lipinski definition) is 7. The summed E-state index contributed by atoms with van der Waals surface area (Å²) in [6, 6.07) is 14.2. The van der Waals surface area contributed by atoms with Crippen LogP contribution in [-0.2, 0) is 7.05 Å². The number of aromatic hydroxyl groups is 1. The second-order valence-electron chi connectivity index (χ2n) is 8.95. The van der Waals surface area contributed by atoms with Gasteiger partial charge in [0.25, 0.3) is 5.56 Å². The number of anilines is 1. The average Bonchev–Trinajstić information content (AvgIpc) is 3.17. The van der Waals surface area contributed by atoms with Crippen LogP contribution in [0.3, 0.4) is 0 Å². The third-order valence-corrected chi connectivity index (χ3v) is 6.87. The van der Waals surface area contributed by atoms with E-state index in [2.05, 4.69) is 20.2 Å². The van der Waals surface area contributed by atoms with Crippen LogP contribution in [0.5, 0.6) is 11.8 Å². The van der Waals surface area contributed by atoms with Crippen molar-refractivity contribution < 1.29 is 9.84 Å². The summed E-state index contributed by atoms with van der Waals surface area (Å²) in [5.41, 5.74) is 1.81. The number of aromatic nitrogens is 3. The Morgan fingerprint density at radius 1 is 1.09 bits per heavy atom. The van der Waals surface area contributed by atoms with Gasteiger partial charge in [-0.2, -0.15) is 9.97 Å². The Labute approximate surface area is 190 Å². The molecule has 2 aromatic heterocycles. The molecule has 0 spiro atoms. The highest BCUT2D eigenvalue weighted by molar-refractivity contribution is 5.99.